The largest absolute Gasteiger partial charge is 0.461 e. The third kappa shape index (κ3) is 3.62. The van der Waals surface area contributed by atoms with E-state index in [1.807, 2.05) is 24.6 Å². The number of ether oxygens (including phenoxy) is 1. The predicted molar refractivity (Wildman–Crippen MR) is 86.5 cm³/mol. The maximum Gasteiger partial charge on any atom is 0.241 e. The Kier molecular flexibility index (Phi) is 4.33. The number of nitrogens with zero attached hydrogens (tertiary/aromatic N) is 6. The second-order valence-electron chi connectivity index (χ2n) is 6.11. The number of rotatable bonds is 5. The molecule has 3 aromatic rings. The quantitative estimate of drug-likeness (QED) is 0.686. The van der Waals surface area contributed by atoms with Crippen molar-refractivity contribution in [2.24, 2.45) is 0 Å². The van der Waals surface area contributed by atoms with Gasteiger partial charge in [-0.25, -0.2) is 9.67 Å². The molecule has 25 heavy (non-hydrogen) atoms. The molecule has 1 aliphatic rings. The van der Waals surface area contributed by atoms with Crippen molar-refractivity contribution in [3.05, 3.63) is 35.9 Å². The zero-order valence-corrected chi connectivity index (χ0v) is 14.3. The lowest BCUT2D eigenvalue weighted by molar-refractivity contribution is -0.0429. The minimum atomic E-state index is 0.0565. The summed E-state index contributed by atoms with van der Waals surface area (Å²) in [6, 6.07) is 3.60. The Bertz CT molecular complexity index is 825. The van der Waals surface area contributed by atoms with Crippen molar-refractivity contribution in [1.82, 2.24) is 29.8 Å². The van der Waals surface area contributed by atoms with Gasteiger partial charge in [0.1, 0.15) is 11.6 Å². The monoisotopic (exact) mass is 344 g/mol. The summed E-state index contributed by atoms with van der Waals surface area (Å²) >= 11 is 0. The molecule has 1 saturated heterocycles. The van der Waals surface area contributed by atoms with Crippen molar-refractivity contribution in [2.45, 2.75) is 33.0 Å². The van der Waals surface area contributed by atoms with E-state index < -0.39 is 0 Å². The summed E-state index contributed by atoms with van der Waals surface area (Å²) in [5, 5.41) is 8.37. The lowest BCUT2D eigenvalue weighted by atomic mass is 10.2. The Morgan fingerprint density at radius 1 is 1.28 bits per heavy atom. The molecule has 3 aromatic heterocycles. The molecule has 0 amide bonds. The number of aryl methyl sites for hydroxylation is 2. The van der Waals surface area contributed by atoms with Crippen LogP contribution in [0, 0.1) is 13.8 Å². The fourth-order valence-corrected chi connectivity index (χ4v) is 2.98. The summed E-state index contributed by atoms with van der Waals surface area (Å²) in [5.74, 6) is 3.32. The van der Waals surface area contributed by atoms with Gasteiger partial charge < -0.3 is 13.7 Å². The van der Waals surface area contributed by atoms with E-state index in [1.165, 1.54) is 0 Å². The normalized spacial score (nSPS) is 18.7. The van der Waals surface area contributed by atoms with E-state index in [4.69, 9.17) is 13.7 Å². The second kappa shape index (κ2) is 6.77. The molecule has 0 N–H and O–H groups in total. The summed E-state index contributed by atoms with van der Waals surface area (Å²) in [5.41, 5.74) is 0. The Morgan fingerprint density at radius 2 is 2.20 bits per heavy atom. The molecular weight excluding hydrogens is 324 g/mol. The summed E-state index contributed by atoms with van der Waals surface area (Å²) in [6.45, 7) is 7.38. The average molecular weight is 344 g/mol. The van der Waals surface area contributed by atoms with Crippen LogP contribution in [0.4, 0.5) is 0 Å². The zero-order chi connectivity index (χ0) is 17.2. The molecule has 9 nitrogen and oxygen atoms in total. The first-order valence-electron chi connectivity index (χ1n) is 8.26. The molecule has 0 bridgehead atoms. The molecule has 1 unspecified atom stereocenters. The molecular formula is C16H20N6O3. The minimum Gasteiger partial charge on any atom is -0.461 e. The van der Waals surface area contributed by atoms with E-state index >= 15 is 0 Å². The van der Waals surface area contributed by atoms with Crippen LogP contribution in [0.5, 0.6) is 0 Å². The number of hydrogen-bond acceptors (Lipinski definition) is 8. The predicted octanol–water partition coefficient (Wildman–Crippen LogP) is 1.44. The van der Waals surface area contributed by atoms with Crippen LogP contribution in [-0.4, -0.2) is 55.6 Å². The zero-order valence-electron chi connectivity index (χ0n) is 14.3. The topological polar surface area (TPSA) is 95.2 Å². The fraction of sp³-hybridized carbons (Fsp3) is 0.500. The van der Waals surface area contributed by atoms with Gasteiger partial charge in [0.15, 0.2) is 5.76 Å². The highest BCUT2D eigenvalue weighted by molar-refractivity contribution is 5.44. The van der Waals surface area contributed by atoms with E-state index in [2.05, 4.69) is 25.1 Å². The summed E-state index contributed by atoms with van der Waals surface area (Å²) < 4.78 is 18.4. The molecule has 1 atom stereocenters. The maximum absolute atomic E-state index is 5.87. The molecule has 4 rings (SSSR count). The van der Waals surface area contributed by atoms with Crippen LogP contribution in [0.1, 0.15) is 17.5 Å². The van der Waals surface area contributed by atoms with Crippen LogP contribution in [0.25, 0.3) is 11.6 Å². The standard InChI is InChI=1S/C16H20N6O3/c1-11-17-12(2)22(19-11)9-13-8-21(5-7-23-13)10-15-18-16(20-25-15)14-4-3-6-24-14/h3-4,6,13H,5,7-10H2,1-2H3. The van der Waals surface area contributed by atoms with Crippen LogP contribution >= 0.6 is 0 Å². The van der Waals surface area contributed by atoms with Crippen molar-refractivity contribution >= 4 is 0 Å². The van der Waals surface area contributed by atoms with Crippen LogP contribution < -0.4 is 0 Å². The van der Waals surface area contributed by atoms with Gasteiger partial charge in [-0.05, 0) is 26.0 Å². The fourth-order valence-electron chi connectivity index (χ4n) is 2.98. The maximum atomic E-state index is 5.87. The van der Waals surface area contributed by atoms with Gasteiger partial charge in [-0.2, -0.15) is 10.1 Å². The number of aromatic nitrogens is 5. The molecule has 0 aromatic carbocycles. The van der Waals surface area contributed by atoms with Crippen molar-refractivity contribution in [3.8, 4) is 11.6 Å². The van der Waals surface area contributed by atoms with Crippen LogP contribution in [-0.2, 0) is 17.8 Å². The summed E-state index contributed by atoms with van der Waals surface area (Å²) in [6.07, 6.45) is 1.65. The van der Waals surface area contributed by atoms with Gasteiger partial charge in [-0.3, -0.25) is 4.90 Å². The van der Waals surface area contributed by atoms with Crippen molar-refractivity contribution in [2.75, 3.05) is 19.7 Å². The first-order chi connectivity index (χ1) is 12.2. The van der Waals surface area contributed by atoms with Gasteiger partial charge in [0.25, 0.3) is 0 Å². The van der Waals surface area contributed by atoms with Crippen molar-refractivity contribution < 1.29 is 13.7 Å². The third-order valence-electron chi connectivity index (χ3n) is 4.13. The van der Waals surface area contributed by atoms with Crippen molar-refractivity contribution in [3.63, 3.8) is 0 Å². The summed E-state index contributed by atoms with van der Waals surface area (Å²) in [7, 11) is 0. The van der Waals surface area contributed by atoms with Gasteiger partial charge in [0, 0.05) is 13.1 Å². The SMILES string of the molecule is Cc1nc(C)n(CC2CN(Cc3nc(-c4ccco4)no3)CCO2)n1. The Balaban J connectivity index is 1.37. The molecule has 1 aliphatic heterocycles. The Hall–Kier alpha value is -2.52. The lowest BCUT2D eigenvalue weighted by Crippen LogP contribution is -2.44. The van der Waals surface area contributed by atoms with Crippen molar-refractivity contribution in [1.29, 1.82) is 0 Å². The van der Waals surface area contributed by atoms with E-state index in [1.54, 1.807) is 12.3 Å². The minimum absolute atomic E-state index is 0.0565. The third-order valence-corrected chi connectivity index (χ3v) is 4.13. The van der Waals surface area contributed by atoms with Gasteiger partial charge >= 0.3 is 0 Å². The molecule has 0 saturated carbocycles. The van der Waals surface area contributed by atoms with Gasteiger partial charge in [0.05, 0.1) is 32.1 Å². The van der Waals surface area contributed by atoms with Crippen LogP contribution in [0.15, 0.2) is 27.3 Å². The van der Waals surface area contributed by atoms with Crippen LogP contribution in [0.2, 0.25) is 0 Å². The smallest absolute Gasteiger partial charge is 0.241 e. The van der Waals surface area contributed by atoms with E-state index in [-0.39, 0.29) is 6.10 Å². The molecule has 9 heteroatoms. The first-order valence-corrected chi connectivity index (χ1v) is 8.26. The Morgan fingerprint density at radius 3 is 2.96 bits per heavy atom. The van der Waals surface area contributed by atoms with Gasteiger partial charge in [-0.15, -0.1) is 0 Å². The van der Waals surface area contributed by atoms with Crippen LogP contribution in [0.3, 0.4) is 0 Å². The lowest BCUT2D eigenvalue weighted by Gasteiger charge is -2.31. The second-order valence-corrected chi connectivity index (χ2v) is 6.11. The average Bonchev–Trinajstić information content (AvgIpc) is 3.30. The van der Waals surface area contributed by atoms with Gasteiger partial charge in [-0.1, -0.05) is 5.16 Å². The summed E-state index contributed by atoms with van der Waals surface area (Å²) in [4.78, 5) is 11.0. The molecule has 4 heterocycles. The molecule has 0 spiro atoms. The number of morpholine rings is 1. The van der Waals surface area contributed by atoms with Gasteiger partial charge in [0.2, 0.25) is 11.7 Å². The highest BCUT2D eigenvalue weighted by Crippen LogP contribution is 2.17. The first kappa shape index (κ1) is 16.0. The van der Waals surface area contributed by atoms with E-state index in [9.17, 15) is 0 Å². The number of furan rings is 1. The highest BCUT2D eigenvalue weighted by Gasteiger charge is 2.24. The number of hydrogen-bond donors (Lipinski definition) is 0. The highest BCUT2D eigenvalue weighted by atomic mass is 16.5. The van der Waals surface area contributed by atoms with E-state index in [0.29, 0.717) is 37.2 Å². The molecule has 0 radical (unpaired) electrons. The Labute approximate surface area is 144 Å². The molecule has 1 fully saturated rings. The molecule has 0 aliphatic carbocycles. The molecule has 132 valence electrons. The van der Waals surface area contributed by atoms with E-state index in [0.717, 1.165) is 24.7 Å².